The van der Waals surface area contributed by atoms with Crippen molar-refractivity contribution in [2.45, 2.75) is 30.5 Å². The molecule has 7 nitrogen and oxygen atoms in total. The Kier molecular flexibility index (Phi) is 4.71. The summed E-state index contributed by atoms with van der Waals surface area (Å²) in [6.45, 7) is 3.40. The maximum atomic E-state index is 11.1. The molecule has 0 aromatic carbocycles. The Morgan fingerprint density at radius 1 is 1.67 bits per heavy atom. The van der Waals surface area contributed by atoms with Crippen molar-refractivity contribution in [2.24, 2.45) is 7.05 Å². The second-order valence-corrected chi connectivity index (χ2v) is 5.26. The molecule has 0 saturated carbocycles. The van der Waals surface area contributed by atoms with Crippen LogP contribution in [0.4, 0.5) is 5.69 Å². The summed E-state index contributed by atoms with van der Waals surface area (Å²) < 4.78 is 6.03. The van der Waals surface area contributed by atoms with Crippen LogP contribution in [0.25, 0.3) is 0 Å². The highest BCUT2D eigenvalue weighted by Crippen LogP contribution is 2.34. The van der Waals surface area contributed by atoms with E-state index >= 15 is 0 Å². The van der Waals surface area contributed by atoms with Gasteiger partial charge in [0, 0.05) is 12.3 Å². The van der Waals surface area contributed by atoms with Crippen molar-refractivity contribution < 1.29 is 14.5 Å². The van der Waals surface area contributed by atoms with E-state index in [1.54, 1.807) is 14.0 Å². The predicted octanol–water partition coefficient (Wildman–Crippen LogP) is 1.68. The average Bonchev–Trinajstić information content (AvgIpc) is 2.53. The Hall–Kier alpha value is -1.57. The van der Waals surface area contributed by atoms with Crippen LogP contribution in [0.1, 0.15) is 19.0 Å². The van der Waals surface area contributed by atoms with Crippen LogP contribution < -0.4 is 0 Å². The molecule has 1 heterocycles. The van der Waals surface area contributed by atoms with Crippen molar-refractivity contribution in [3.8, 4) is 0 Å². The third-order valence-electron chi connectivity index (χ3n) is 2.32. The molecular weight excluding hydrogens is 258 g/mol. The third kappa shape index (κ3) is 3.22. The first-order chi connectivity index (χ1) is 8.36. The number of hydrogen-bond acceptors (Lipinski definition) is 6. The quantitative estimate of drug-likeness (QED) is 0.351. The molecule has 0 fully saturated rings. The van der Waals surface area contributed by atoms with E-state index in [1.165, 1.54) is 23.6 Å². The maximum Gasteiger partial charge on any atom is 0.323 e. The molecule has 0 spiro atoms. The van der Waals surface area contributed by atoms with Gasteiger partial charge in [-0.15, -0.1) is 0 Å². The summed E-state index contributed by atoms with van der Waals surface area (Å²) in [5.74, 6) is -0.337. The van der Waals surface area contributed by atoms with Crippen LogP contribution in [-0.4, -0.2) is 33.0 Å². The molecule has 100 valence electrons. The molecule has 1 unspecified atom stereocenters. The highest BCUT2D eigenvalue weighted by atomic mass is 32.2. The van der Waals surface area contributed by atoms with Crippen molar-refractivity contribution in [3.05, 3.63) is 15.8 Å². The zero-order chi connectivity index (χ0) is 13.9. The monoisotopic (exact) mass is 273 g/mol. The number of carbonyl (C=O) groups is 1. The van der Waals surface area contributed by atoms with Gasteiger partial charge in [-0.1, -0.05) is 18.7 Å². The lowest BCUT2D eigenvalue weighted by Gasteiger charge is -2.09. The van der Waals surface area contributed by atoms with Gasteiger partial charge in [-0.3, -0.25) is 19.6 Å². The Morgan fingerprint density at radius 2 is 2.28 bits per heavy atom. The van der Waals surface area contributed by atoms with Gasteiger partial charge >= 0.3 is 11.7 Å². The van der Waals surface area contributed by atoms with Crippen molar-refractivity contribution >= 4 is 23.4 Å². The van der Waals surface area contributed by atoms with E-state index in [2.05, 4.69) is 9.84 Å². The summed E-state index contributed by atoms with van der Waals surface area (Å²) in [5.41, 5.74) is 0.370. The number of nitrogens with zero attached hydrogens (tertiary/aromatic N) is 3. The molecule has 18 heavy (non-hydrogen) atoms. The smallest absolute Gasteiger partial charge is 0.323 e. The van der Waals surface area contributed by atoms with Gasteiger partial charge in [0.15, 0.2) is 5.03 Å². The molecule has 8 heteroatoms. The number of carbonyl (C=O) groups excluding carboxylic acids is 1. The summed E-state index contributed by atoms with van der Waals surface area (Å²) >= 11 is 1.25. The summed E-state index contributed by atoms with van der Waals surface area (Å²) in [6.07, 6.45) is 0.197. The predicted molar refractivity (Wildman–Crippen MR) is 66.6 cm³/mol. The normalized spacial score (nSPS) is 12.2. The van der Waals surface area contributed by atoms with Crippen LogP contribution in [0.15, 0.2) is 5.03 Å². The van der Waals surface area contributed by atoms with Crippen LogP contribution in [0.5, 0.6) is 0 Å². The summed E-state index contributed by atoms with van der Waals surface area (Å²) in [5, 5.41) is 15.3. The summed E-state index contributed by atoms with van der Waals surface area (Å²) in [4.78, 5) is 21.6. The molecule has 0 aliphatic rings. The van der Waals surface area contributed by atoms with Gasteiger partial charge in [0.1, 0.15) is 5.69 Å². The molecule has 0 amide bonds. The fourth-order valence-electron chi connectivity index (χ4n) is 1.52. The second-order valence-electron chi connectivity index (χ2n) is 3.83. The Balaban J connectivity index is 2.90. The van der Waals surface area contributed by atoms with Crippen molar-refractivity contribution in [1.82, 2.24) is 9.78 Å². The SMILES string of the molecule is COC(=O)CC(C)Sc1c([N+](=O)[O-])c(C)nn1C. The van der Waals surface area contributed by atoms with E-state index < -0.39 is 4.92 Å². The molecule has 0 aliphatic heterocycles. The highest BCUT2D eigenvalue weighted by molar-refractivity contribution is 8.00. The van der Waals surface area contributed by atoms with Crippen LogP contribution >= 0.6 is 11.8 Å². The van der Waals surface area contributed by atoms with Gasteiger partial charge in [-0.05, 0) is 6.92 Å². The van der Waals surface area contributed by atoms with Crippen LogP contribution in [0.2, 0.25) is 0 Å². The third-order valence-corrected chi connectivity index (χ3v) is 3.57. The first-order valence-electron chi connectivity index (χ1n) is 5.28. The van der Waals surface area contributed by atoms with Crippen LogP contribution in [0.3, 0.4) is 0 Å². The number of thioether (sulfide) groups is 1. The number of aryl methyl sites for hydroxylation is 2. The van der Waals surface area contributed by atoms with Gasteiger partial charge in [0.2, 0.25) is 0 Å². The maximum absolute atomic E-state index is 11.1. The number of ether oxygens (including phenoxy) is 1. The summed E-state index contributed by atoms with van der Waals surface area (Å²) in [6, 6.07) is 0. The van der Waals surface area contributed by atoms with Crippen molar-refractivity contribution in [2.75, 3.05) is 7.11 Å². The van der Waals surface area contributed by atoms with Gasteiger partial charge in [0.25, 0.3) is 0 Å². The molecule has 0 aliphatic carbocycles. The number of hydrogen-bond donors (Lipinski definition) is 0. The van der Waals surface area contributed by atoms with E-state index in [9.17, 15) is 14.9 Å². The molecular formula is C10H15N3O4S. The standard InChI is InChI=1S/C10H15N3O4S/c1-6(5-8(14)17-4)18-10-9(13(15)16)7(2)11-12(10)3/h6H,5H2,1-4H3. The molecule has 0 bridgehead atoms. The number of aromatic nitrogens is 2. The molecule has 0 saturated heterocycles. The lowest BCUT2D eigenvalue weighted by atomic mass is 10.3. The molecule has 1 aromatic rings. The van der Waals surface area contributed by atoms with Gasteiger partial charge < -0.3 is 4.74 Å². The Bertz CT molecular complexity index is 472. The zero-order valence-electron chi connectivity index (χ0n) is 10.7. The topological polar surface area (TPSA) is 87.3 Å². The van der Waals surface area contributed by atoms with Gasteiger partial charge in [-0.2, -0.15) is 5.10 Å². The van der Waals surface area contributed by atoms with Crippen LogP contribution in [-0.2, 0) is 16.6 Å². The average molecular weight is 273 g/mol. The molecule has 1 aromatic heterocycles. The number of nitro groups is 1. The fraction of sp³-hybridized carbons (Fsp3) is 0.600. The number of rotatable bonds is 5. The molecule has 0 N–H and O–H groups in total. The summed E-state index contributed by atoms with van der Waals surface area (Å²) in [7, 11) is 2.96. The van der Waals surface area contributed by atoms with Crippen LogP contribution in [0, 0.1) is 17.0 Å². The lowest BCUT2D eigenvalue weighted by molar-refractivity contribution is -0.388. The largest absolute Gasteiger partial charge is 0.469 e. The minimum atomic E-state index is -0.449. The molecule has 1 atom stereocenters. The van der Waals surface area contributed by atoms with Crippen molar-refractivity contribution in [3.63, 3.8) is 0 Å². The van der Waals surface area contributed by atoms with E-state index in [1.807, 2.05) is 6.92 Å². The van der Waals surface area contributed by atoms with Gasteiger partial charge in [-0.25, -0.2) is 0 Å². The van der Waals surface area contributed by atoms with E-state index in [-0.39, 0.29) is 23.3 Å². The molecule has 1 rings (SSSR count). The molecule has 0 radical (unpaired) electrons. The minimum Gasteiger partial charge on any atom is -0.469 e. The van der Waals surface area contributed by atoms with E-state index in [0.717, 1.165) is 0 Å². The number of esters is 1. The first kappa shape index (κ1) is 14.5. The fourth-order valence-corrected chi connectivity index (χ4v) is 2.65. The van der Waals surface area contributed by atoms with Crippen molar-refractivity contribution in [1.29, 1.82) is 0 Å². The Labute approximate surface area is 109 Å². The lowest BCUT2D eigenvalue weighted by Crippen LogP contribution is -2.09. The van der Waals surface area contributed by atoms with Gasteiger partial charge in [0.05, 0.1) is 18.5 Å². The number of methoxy groups -OCH3 is 1. The Morgan fingerprint density at radius 3 is 2.78 bits per heavy atom. The zero-order valence-corrected chi connectivity index (χ0v) is 11.5. The second kappa shape index (κ2) is 5.85. The highest BCUT2D eigenvalue weighted by Gasteiger charge is 2.26. The first-order valence-corrected chi connectivity index (χ1v) is 6.16. The minimum absolute atomic E-state index is 0.000726. The van der Waals surface area contributed by atoms with E-state index in [0.29, 0.717) is 10.7 Å². The van der Waals surface area contributed by atoms with E-state index in [4.69, 9.17) is 0 Å².